The number of aromatic nitrogens is 1. The van der Waals surface area contributed by atoms with Gasteiger partial charge in [0.15, 0.2) is 5.76 Å². The first kappa shape index (κ1) is 35.0. The van der Waals surface area contributed by atoms with E-state index in [9.17, 15) is 14.4 Å². The van der Waals surface area contributed by atoms with E-state index in [1.165, 1.54) is 17.3 Å². The zero-order valence-electron chi connectivity index (χ0n) is 29.7. The Bertz CT molecular complexity index is 2280. The smallest absolute Gasteiger partial charge is 0.289 e. The van der Waals surface area contributed by atoms with Crippen LogP contribution in [0.2, 0.25) is 0 Å². The molecule has 3 amide bonds. The summed E-state index contributed by atoms with van der Waals surface area (Å²) in [4.78, 5) is 48.3. The molecule has 2 aromatic heterocycles. The molecule has 0 fully saturated rings. The summed E-state index contributed by atoms with van der Waals surface area (Å²) in [5.41, 5.74) is 6.43. The van der Waals surface area contributed by atoms with E-state index in [0.717, 1.165) is 69.3 Å². The number of carbonyl (C=O) groups is 3. The van der Waals surface area contributed by atoms with E-state index in [1.807, 2.05) is 80.6 Å². The van der Waals surface area contributed by atoms with Crippen molar-refractivity contribution in [2.75, 3.05) is 18.4 Å². The van der Waals surface area contributed by atoms with Gasteiger partial charge < -0.3 is 20.0 Å². The minimum absolute atomic E-state index is 0.00532. The van der Waals surface area contributed by atoms with Gasteiger partial charge in [-0.15, -0.1) is 0 Å². The van der Waals surface area contributed by atoms with Gasteiger partial charge in [0.2, 0.25) is 5.71 Å². The number of aryl methyl sites for hydroxylation is 2. The molecule has 4 aromatic carbocycles. The number of nitrogens with zero attached hydrogens (tertiary/aromatic N) is 2. The van der Waals surface area contributed by atoms with Crippen molar-refractivity contribution in [1.82, 2.24) is 15.2 Å². The number of pyridine rings is 1. The Hall–Kier alpha value is -5.41. The second-order valence-electron chi connectivity index (χ2n) is 13.4. The Kier molecular flexibility index (Phi) is 10.4. The SMILES string of the molecule is CCC(Cc1ccccc1)NC(=O)c1ccc2c(c1)NC(=O)c1cc(CCCCN(CC)C(=O)c3cc4cc5ccc(C)cc5nc4o3)ccc1S2. The number of rotatable bonds is 12. The standard InChI is InChI=1S/C43H42N4O4S/c1-4-33(22-28-11-7-6-8-12-28)44-40(48)31-17-19-39-36(25-31)45-41(49)34-23-29(15-18-38(34)52-39)13-9-10-20-47(5-2)43(50)37-26-32-24-30-16-14-27(3)21-35(30)46-42(32)51-37/h6-8,11-12,14-19,21,23-26,33H,4-5,9-10,13,20,22H2,1-3H3,(H,44,48)(H,45,49). The summed E-state index contributed by atoms with van der Waals surface area (Å²) in [6.45, 7) is 7.23. The molecule has 1 aliphatic rings. The fourth-order valence-electron chi connectivity index (χ4n) is 6.66. The van der Waals surface area contributed by atoms with Crippen LogP contribution in [0.4, 0.5) is 5.69 Å². The summed E-state index contributed by atoms with van der Waals surface area (Å²) in [6, 6.07) is 31.6. The average molecular weight is 711 g/mol. The van der Waals surface area contributed by atoms with Gasteiger partial charge in [-0.05, 0) is 111 Å². The van der Waals surface area contributed by atoms with Crippen molar-refractivity contribution in [2.45, 2.75) is 68.7 Å². The third kappa shape index (κ3) is 7.75. The van der Waals surface area contributed by atoms with Crippen LogP contribution in [0.15, 0.2) is 111 Å². The van der Waals surface area contributed by atoms with Crippen molar-refractivity contribution in [3.8, 4) is 0 Å². The van der Waals surface area contributed by atoms with Crippen molar-refractivity contribution < 1.29 is 18.8 Å². The molecule has 1 unspecified atom stereocenters. The molecule has 0 bridgehead atoms. The molecular formula is C43H42N4O4S. The number of carbonyl (C=O) groups excluding carboxylic acids is 3. The highest BCUT2D eigenvalue weighted by Gasteiger charge is 2.23. The average Bonchev–Trinajstić information content (AvgIpc) is 3.51. The topological polar surface area (TPSA) is 105 Å². The Labute approximate surface area is 308 Å². The van der Waals surface area contributed by atoms with Gasteiger partial charge in [-0.2, -0.15) is 0 Å². The number of unbranched alkanes of at least 4 members (excludes halogenated alkanes) is 1. The maximum atomic E-state index is 13.5. The van der Waals surface area contributed by atoms with Gasteiger partial charge in [0.1, 0.15) is 0 Å². The molecule has 264 valence electrons. The summed E-state index contributed by atoms with van der Waals surface area (Å²) >= 11 is 1.52. The largest absolute Gasteiger partial charge is 0.433 e. The number of hydrogen-bond acceptors (Lipinski definition) is 6. The van der Waals surface area contributed by atoms with Crippen molar-refractivity contribution >= 4 is 57.2 Å². The van der Waals surface area contributed by atoms with Gasteiger partial charge in [0, 0.05) is 45.3 Å². The third-order valence-corrected chi connectivity index (χ3v) is 10.8. The van der Waals surface area contributed by atoms with E-state index in [2.05, 4.69) is 40.7 Å². The summed E-state index contributed by atoms with van der Waals surface area (Å²) in [6.07, 6.45) is 4.00. The molecule has 1 atom stereocenters. The predicted molar refractivity (Wildman–Crippen MR) is 207 cm³/mol. The number of furan rings is 1. The number of benzene rings is 4. The van der Waals surface area contributed by atoms with Crippen molar-refractivity contribution in [1.29, 1.82) is 0 Å². The van der Waals surface area contributed by atoms with Crippen LogP contribution in [0.1, 0.15) is 81.1 Å². The van der Waals surface area contributed by atoms with Crippen LogP contribution in [0.5, 0.6) is 0 Å². The van der Waals surface area contributed by atoms with Gasteiger partial charge in [0.05, 0.1) is 16.8 Å². The van der Waals surface area contributed by atoms with Crippen LogP contribution in [-0.4, -0.2) is 46.7 Å². The zero-order chi connectivity index (χ0) is 36.2. The summed E-state index contributed by atoms with van der Waals surface area (Å²) in [5, 5.41) is 8.04. The highest BCUT2D eigenvalue weighted by atomic mass is 32.2. The molecule has 52 heavy (non-hydrogen) atoms. The van der Waals surface area contributed by atoms with Crippen LogP contribution in [0.25, 0.3) is 22.0 Å². The van der Waals surface area contributed by atoms with Gasteiger partial charge in [-0.25, -0.2) is 4.98 Å². The first-order valence-corrected chi connectivity index (χ1v) is 18.8. The Morgan fingerprint density at radius 3 is 2.52 bits per heavy atom. The minimum atomic E-state index is -0.192. The van der Waals surface area contributed by atoms with Crippen molar-refractivity contribution in [3.05, 3.63) is 131 Å². The first-order valence-electron chi connectivity index (χ1n) is 18.0. The van der Waals surface area contributed by atoms with E-state index < -0.39 is 0 Å². The molecule has 2 N–H and O–H groups in total. The van der Waals surface area contributed by atoms with Crippen molar-refractivity contribution in [2.24, 2.45) is 0 Å². The molecule has 3 heterocycles. The molecule has 6 aromatic rings. The van der Waals surface area contributed by atoms with E-state index in [1.54, 1.807) is 17.0 Å². The lowest BCUT2D eigenvalue weighted by Crippen LogP contribution is -2.36. The third-order valence-electron chi connectivity index (χ3n) is 9.63. The van der Waals surface area contributed by atoms with Crippen LogP contribution in [-0.2, 0) is 12.8 Å². The predicted octanol–water partition coefficient (Wildman–Crippen LogP) is 9.24. The Balaban J connectivity index is 0.949. The molecule has 0 radical (unpaired) electrons. The highest BCUT2D eigenvalue weighted by molar-refractivity contribution is 7.99. The van der Waals surface area contributed by atoms with Crippen LogP contribution in [0.3, 0.4) is 0 Å². The lowest BCUT2D eigenvalue weighted by Gasteiger charge is -2.19. The molecule has 8 nitrogen and oxygen atoms in total. The molecule has 1 aliphatic heterocycles. The Morgan fingerprint density at radius 1 is 0.885 bits per heavy atom. The molecule has 9 heteroatoms. The van der Waals surface area contributed by atoms with E-state index in [0.29, 0.717) is 41.4 Å². The highest BCUT2D eigenvalue weighted by Crippen LogP contribution is 2.39. The number of fused-ring (bicyclic) bond motifs is 4. The van der Waals surface area contributed by atoms with Gasteiger partial charge in [-0.3, -0.25) is 14.4 Å². The monoisotopic (exact) mass is 710 g/mol. The first-order chi connectivity index (χ1) is 25.3. The molecule has 0 spiro atoms. The zero-order valence-corrected chi connectivity index (χ0v) is 30.5. The summed E-state index contributed by atoms with van der Waals surface area (Å²) in [7, 11) is 0. The lowest BCUT2D eigenvalue weighted by molar-refractivity contribution is 0.0731. The van der Waals surface area contributed by atoms with Crippen molar-refractivity contribution in [3.63, 3.8) is 0 Å². The molecule has 7 rings (SSSR count). The maximum Gasteiger partial charge on any atom is 0.289 e. The summed E-state index contributed by atoms with van der Waals surface area (Å²) in [5.74, 6) is -0.192. The number of hydrogen-bond donors (Lipinski definition) is 2. The number of nitrogens with one attached hydrogen (secondary N) is 2. The molecule has 0 aliphatic carbocycles. The minimum Gasteiger partial charge on any atom is -0.433 e. The van der Waals surface area contributed by atoms with Gasteiger partial charge in [0.25, 0.3) is 17.7 Å². The molecule has 0 saturated heterocycles. The Morgan fingerprint density at radius 2 is 1.71 bits per heavy atom. The van der Waals surface area contributed by atoms with E-state index in [-0.39, 0.29) is 23.8 Å². The van der Waals surface area contributed by atoms with Crippen LogP contribution >= 0.6 is 11.8 Å². The normalized spacial score (nSPS) is 12.9. The van der Waals surface area contributed by atoms with Crippen LogP contribution < -0.4 is 10.6 Å². The van der Waals surface area contributed by atoms with E-state index >= 15 is 0 Å². The van der Waals surface area contributed by atoms with Gasteiger partial charge >= 0.3 is 0 Å². The maximum absolute atomic E-state index is 13.5. The number of anilines is 1. The fraction of sp³-hybridized carbons (Fsp3) is 0.256. The van der Waals surface area contributed by atoms with E-state index in [4.69, 9.17) is 4.42 Å². The summed E-state index contributed by atoms with van der Waals surface area (Å²) < 4.78 is 5.93. The van der Waals surface area contributed by atoms with Crippen LogP contribution in [0, 0.1) is 6.92 Å². The second-order valence-corrected chi connectivity index (χ2v) is 14.5. The lowest BCUT2D eigenvalue weighted by atomic mass is 10.0. The number of amides is 3. The second kappa shape index (κ2) is 15.5. The molecular weight excluding hydrogens is 669 g/mol. The van der Waals surface area contributed by atoms with Gasteiger partial charge in [-0.1, -0.05) is 67.2 Å². The fourth-order valence-corrected chi connectivity index (χ4v) is 7.65. The molecule has 0 saturated carbocycles. The quantitative estimate of drug-likeness (QED) is 0.123.